The zero-order valence-corrected chi connectivity index (χ0v) is 12.0. The summed E-state index contributed by atoms with van der Waals surface area (Å²) in [7, 11) is 4.51. The summed E-state index contributed by atoms with van der Waals surface area (Å²) in [6, 6.07) is 9.46. The molecule has 1 rings (SSSR count). The molecule has 1 N–H and O–H groups in total. The second-order valence-corrected chi connectivity index (χ2v) is 4.26. The molecule has 0 bridgehead atoms. The average Bonchev–Trinajstić information content (AvgIpc) is 2.48. The number of carbonyl (C=O) groups excluding carboxylic acids is 2. The first-order chi connectivity index (χ1) is 9.58. The van der Waals surface area contributed by atoms with Crippen LogP contribution in [0.25, 0.3) is 0 Å². The van der Waals surface area contributed by atoms with Gasteiger partial charge in [0.2, 0.25) is 0 Å². The Hall–Kier alpha value is -1.92. The maximum absolute atomic E-state index is 11.9. The molecule has 0 radical (unpaired) electrons. The van der Waals surface area contributed by atoms with Crippen molar-refractivity contribution in [2.75, 3.05) is 27.8 Å². The molecular formula is C14H20N2O4. The molecule has 6 nitrogen and oxygen atoms in total. The molecule has 20 heavy (non-hydrogen) atoms. The number of amides is 2. The number of carbonyl (C=O) groups is 2. The summed E-state index contributed by atoms with van der Waals surface area (Å²) in [4.78, 5) is 24.9. The number of hydrogen-bond donors (Lipinski definition) is 1. The van der Waals surface area contributed by atoms with E-state index in [4.69, 9.17) is 9.47 Å². The van der Waals surface area contributed by atoms with Crippen LogP contribution >= 0.6 is 0 Å². The number of hydrogen-bond acceptors (Lipinski definition) is 4. The summed E-state index contributed by atoms with van der Waals surface area (Å²) < 4.78 is 9.85. The molecule has 0 atom stereocenters. The average molecular weight is 280 g/mol. The molecule has 0 unspecified atom stereocenters. The van der Waals surface area contributed by atoms with Crippen LogP contribution in [0.5, 0.6) is 0 Å². The highest BCUT2D eigenvalue weighted by Crippen LogP contribution is 2.02. The molecule has 0 saturated heterocycles. The maximum Gasteiger partial charge on any atom is 0.311 e. The van der Waals surface area contributed by atoms with E-state index in [2.05, 4.69) is 5.32 Å². The van der Waals surface area contributed by atoms with Crippen molar-refractivity contribution < 1.29 is 19.1 Å². The molecule has 0 aliphatic rings. The van der Waals surface area contributed by atoms with Gasteiger partial charge in [0.15, 0.2) is 6.29 Å². The Morgan fingerprint density at radius 3 is 2.35 bits per heavy atom. The van der Waals surface area contributed by atoms with Crippen molar-refractivity contribution in [1.82, 2.24) is 10.2 Å². The lowest BCUT2D eigenvalue weighted by molar-refractivity contribution is -0.147. The first-order valence-corrected chi connectivity index (χ1v) is 6.21. The van der Waals surface area contributed by atoms with Gasteiger partial charge >= 0.3 is 11.8 Å². The van der Waals surface area contributed by atoms with Crippen molar-refractivity contribution in [3.05, 3.63) is 35.9 Å². The summed E-state index contributed by atoms with van der Waals surface area (Å²) in [6.07, 6.45) is -0.564. The van der Waals surface area contributed by atoms with Gasteiger partial charge in [-0.2, -0.15) is 0 Å². The predicted octanol–water partition coefficient (Wildman–Crippen LogP) is 0.380. The maximum atomic E-state index is 11.9. The van der Waals surface area contributed by atoms with Crippen LogP contribution in [0, 0.1) is 0 Å². The number of methoxy groups -OCH3 is 2. The Bertz CT molecular complexity index is 432. The lowest BCUT2D eigenvalue weighted by atomic mass is 10.2. The summed E-state index contributed by atoms with van der Waals surface area (Å²) in [5.41, 5.74) is 0.961. The van der Waals surface area contributed by atoms with Crippen molar-refractivity contribution in [2.24, 2.45) is 0 Å². The summed E-state index contributed by atoms with van der Waals surface area (Å²) >= 11 is 0. The third-order valence-electron chi connectivity index (χ3n) is 2.76. The molecule has 0 aliphatic carbocycles. The summed E-state index contributed by atoms with van der Waals surface area (Å²) in [5, 5.41) is 2.47. The molecule has 110 valence electrons. The number of benzene rings is 1. The van der Waals surface area contributed by atoms with E-state index in [1.807, 2.05) is 30.3 Å². The number of nitrogens with zero attached hydrogens (tertiary/aromatic N) is 1. The molecule has 1 aromatic rings. The van der Waals surface area contributed by atoms with Crippen LogP contribution in [0.2, 0.25) is 0 Å². The van der Waals surface area contributed by atoms with Gasteiger partial charge in [-0.15, -0.1) is 0 Å². The fourth-order valence-electron chi connectivity index (χ4n) is 1.62. The molecule has 0 heterocycles. The van der Waals surface area contributed by atoms with Crippen LogP contribution in [0.4, 0.5) is 0 Å². The van der Waals surface area contributed by atoms with Crippen LogP contribution in [-0.4, -0.2) is 50.8 Å². The van der Waals surface area contributed by atoms with Crippen molar-refractivity contribution in [2.45, 2.75) is 12.8 Å². The third-order valence-corrected chi connectivity index (χ3v) is 2.76. The first kappa shape index (κ1) is 16.1. The smallest absolute Gasteiger partial charge is 0.311 e. The highest BCUT2D eigenvalue weighted by atomic mass is 16.7. The standard InChI is InChI=1S/C14H20N2O4/c1-16(10-11-7-5-4-6-8-11)14(18)13(17)15-9-12(19-2)20-3/h4-8,12H,9-10H2,1-3H3,(H,15,17). The zero-order valence-electron chi connectivity index (χ0n) is 12.0. The number of nitrogens with one attached hydrogen (secondary N) is 1. The van der Waals surface area contributed by atoms with Crippen LogP contribution in [0.15, 0.2) is 30.3 Å². The minimum Gasteiger partial charge on any atom is -0.354 e. The van der Waals surface area contributed by atoms with Gasteiger partial charge in [-0.1, -0.05) is 30.3 Å². The number of likely N-dealkylation sites (N-methyl/N-ethyl adjacent to an activating group) is 1. The van der Waals surface area contributed by atoms with Crippen molar-refractivity contribution >= 4 is 11.8 Å². The molecule has 2 amide bonds. The monoisotopic (exact) mass is 280 g/mol. The fraction of sp³-hybridized carbons (Fsp3) is 0.429. The Morgan fingerprint density at radius 2 is 1.80 bits per heavy atom. The van der Waals surface area contributed by atoms with Crippen molar-refractivity contribution in [3.8, 4) is 0 Å². The van der Waals surface area contributed by atoms with Gasteiger partial charge in [0.1, 0.15) is 0 Å². The van der Waals surface area contributed by atoms with Gasteiger partial charge in [-0.05, 0) is 5.56 Å². The van der Waals surface area contributed by atoms with Gasteiger partial charge in [-0.25, -0.2) is 0 Å². The molecule has 6 heteroatoms. The summed E-state index contributed by atoms with van der Waals surface area (Å²) in [5.74, 6) is -1.28. The van der Waals surface area contributed by atoms with Gasteiger partial charge in [0.25, 0.3) is 0 Å². The second-order valence-electron chi connectivity index (χ2n) is 4.26. The molecule has 1 aromatic carbocycles. The summed E-state index contributed by atoms with van der Waals surface area (Å²) in [6.45, 7) is 0.502. The van der Waals surface area contributed by atoms with Gasteiger partial charge in [0.05, 0.1) is 6.54 Å². The Morgan fingerprint density at radius 1 is 1.20 bits per heavy atom. The lowest BCUT2D eigenvalue weighted by Gasteiger charge is -2.18. The fourth-order valence-corrected chi connectivity index (χ4v) is 1.62. The number of rotatable bonds is 6. The van der Waals surface area contributed by atoms with E-state index in [-0.39, 0.29) is 6.54 Å². The Balaban J connectivity index is 2.46. The highest BCUT2D eigenvalue weighted by molar-refractivity contribution is 6.34. The minimum absolute atomic E-state index is 0.122. The topological polar surface area (TPSA) is 67.9 Å². The van der Waals surface area contributed by atoms with Gasteiger partial charge in [0, 0.05) is 27.8 Å². The van der Waals surface area contributed by atoms with Crippen molar-refractivity contribution in [1.29, 1.82) is 0 Å². The van der Waals surface area contributed by atoms with E-state index in [0.29, 0.717) is 6.54 Å². The van der Waals surface area contributed by atoms with Crippen LogP contribution in [0.3, 0.4) is 0 Å². The second kappa shape index (κ2) is 8.29. The SMILES string of the molecule is COC(CNC(=O)C(=O)N(C)Cc1ccccc1)OC. The van der Waals surface area contributed by atoms with Crippen LogP contribution in [0.1, 0.15) is 5.56 Å². The van der Waals surface area contributed by atoms with E-state index in [9.17, 15) is 9.59 Å². The van der Waals surface area contributed by atoms with E-state index in [1.165, 1.54) is 19.1 Å². The van der Waals surface area contributed by atoms with Crippen LogP contribution in [-0.2, 0) is 25.6 Å². The molecule has 0 aliphatic heterocycles. The normalized spacial score (nSPS) is 10.4. The molecule has 0 aromatic heterocycles. The van der Waals surface area contributed by atoms with Gasteiger partial charge < -0.3 is 19.7 Å². The quantitative estimate of drug-likeness (QED) is 0.604. The highest BCUT2D eigenvalue weighted by Gasteiger charge is 2.19. The van der Waals surface area contributed by atoms with E-state index in [0.717, 1.165) is 5.56 Å². The van der Waals surface area contributed by atoms with E-state index in [1.54, 1.807) is 7.05 Å². The third kappa shape index (κ3) is 4.99. The van der Waals surface area contributed by atoms with Crippen LogP contribution < -0.4 is 5.32 Å². The Kier molecular flexibility index (Phi) is 6.69. The Labute approximate surface area is 118 Å². The molecule has 0 saturated carbocycles. The zero-order chi connectivity index (χ0) is 15.0. The number of ether oxygens (including phenoxy) is 2. The first-order valence-electron chi connectivity index (χ1n) is 6.21. The molecule has 0 fully saturated rings. The minimum atomic E-state index is -0.678. The molecular weight excluding hydrogens is 260 g/mol. The van der Waals surface area contributed by atoms with Crippen molar-refractivity contribution in [3.63, 3.8) is 0 Å². The predicted molar refractivity (Wildman–Crippen MR) is 73.7 cm³/mol. The molecule has 0 spiro atoms. The largest absolute Gasteiger partial charge is 0.354 e. The van der Waals surface area contributed by atoms with E-state index >= 15 is 0 Å². The van der Waals surface area contributed by atoms with E-state index < -0.39 is 18.1 Å². The van der Waals surface area contributed by atoms with Gasteiger partial charge in [-0.3, -0.25) is 9.59 Å². The lowest BCUT2D eigenvalue weighted by Crippen LogP contribution is -2.43.